The lowest BCUT2D eigenvalue weighted by Crippen LogP contribution is -2.27. The molecule has 2 heterocycles. The van der Waals surface area contributed by atoms with Gasteiger partial charge in [-0.2, -0.15) is 0 Å². The number of nitro benzene ring substituents is 1. The monoisotopic (exact) mass is 575 g/mol. The van der Waals surface area contributed by atoms with E-state index in [9.17, 15) is 14.9 Å². The van der Waals surface area contributed by atoms with Crippen molar-refractivity contribution in [2.24, 2.45) is 16.3 Å². The number of hydrogen-bond acceptors (Lipinski definition) is 6. The molecule has 0 saturated carbocycles. The predicted molar refractivity (Wildman–Crippen MR) is 161 cm³/mol. The van der Waals surface area contributed by atoms with Gasteiger partial charge in [0.1, 0.15) is 16.5 Å². The number of fused-ring (bicyclic) bond motifs is 1. The van der Waals surface area contributed by atoms with Gasteiger partial charge in [0.05, 0.1) is 16.7 Å². The SMILES string of the molecule is Cc1c(-c2ccc(C=Nc3sc4c(c3C(=O)Nc3ccc(Cl)cc3)CC[C@H](C(C)(C)C)C4)o2)cccc1[N+](=O)[O-]. The van der Waals surface area contributed by atoms with Crippen LogP contribution < -0.4 is 5.32 Å². The van der Waals surface area contributed by atoms with Crippen LogP contribution in [0.15, 0.2) is 64.0 Å². The number of thiophene rings is 1. The highest BCUT2D eigenvalue weighted by atomic mass is 35.5. The third-order valence-electron chi connectivity index (χ3n) is 7.50. The maximum atomic E-state index is 13.6. The quantitative estimate of drug-likeness (QED) is 0.141. The zero-order chi connectivity index (χ0) is 28.6. The van der Waals surface area contributed by atoms with E-state index in [-0.39, 0.29) is 17.0 Å². The molecule has 0 aliphatic heterocycles. The van der Waals surface area contributed by atoms with Crippen LogP contribution in [-0.2, 0) is 12.8 Å². The fraction of sp³-hybridized carbons (Fsp3) is 0.290. The first kappa shape index (κ1) is 27.8. The number of halogens is 1. The summed E-state index contributed by atoms with van der Waals surface area (Å²) in [7, 11) is 0. The lowest BCUT2D eigenvalue weighted by atomic mass is 9.72. The summed E-state index contributed by atoms with van der Waals surface area (Å²) in [6, 6.07) is 15.5. The molecule has 1 N–H and O–H groups in total. The number of hydrogen-bond donors (Lipinski definition) is 1. The van der Waals surface area contributed by atoms with Gasteiger partial charge in [0.25, 0.3) is 11.6 Å². The van der Waals surface area contributed by atoms with Crippen molar-refractivity contribution in [1.29, 1.82) is 0 Å². The Balaban J connectivity index is 1.47. The summed E-state index contributed by atoms with van der Waals surface area (Å²) in [5.74, 6) is 1.33. The number of nitro groups is 1. The Labute approximate surface area is 242 Å². The van der Waals surface area contributed by atoms with Gasteiger partial charge in [-0.1, -0.05) is 44.5 Å². The zero-order valence-electron chi connectivity index (χ0n) is 22.8. The van der Waals surface area contributed by atoms with Gasteiger partial charge in [-0.15, -0.1) is 11.3 Å². The van der Waals surface area contributed by atoms with E-state index in [1.165, 1.54) is 10.9 Å². The van der Waals surface area contributed by atoms with Gasteiger partial charge in [0, 0.05) is 32.8 Å². The largest absolute Gasteiger partial charge is 0.455 e. The molecule has 0 fully saturated rings. The molecule has 0 saturated heterocycles. The van der Waals surface area contributed by atoms with Crippen LogP contribution in [-0.4, -0.2) is 17.0 Å². The zero-order valence-corrected chi connectivity index (χ0v) is 24.4. The van der Waals surface area contributed by atoms with E-state index in [1.807, 2.05) is 0 Å². The first-order valence-electron chi connectivity index (χ1n) is 13.1. The molecular formula is C31H30ClN3O4S. The molecule has 0 unspecified atom stereocenters. The van der Waals surface area contributed by atoms with E-state index in [4.69, 9.17) is 21.0 Å². The number of carbonyl (C=O) groups excluding carboxylic acids is 1. The molecule has 206 valence electrons. The van der Waals surface area contributed by atoms with E-state index in [2.05, 4.69) is 26.1 Å². The van der Waals surface area contributed by atoms with E-state index in [1.54, 1.807) is 73.0 Å². The van der Waals surface area contributed by atoms with Gasteiger partial charge in [-0.25, -0.2) is 4.99 Å². The molecular weight excluding hydrogens is 546 g/mol. The summed E-state index contributed by atoms with van der Waals surface area (Å²) in [5, 5.41) is 15.6. The smallest absolute Gasteiger partial charge is 0.273 e. The number of aliphatic imine (C=N–C) groups is 1. The van der Waals surface area contributed by atoms with Gasteiger partial charge in [-0.3, -0.25) is 14.9 Å². The summed E-state index contributed by atoms with van der Waals surface area (Å²) in [6.45, 7) is 8.50. The second-order valence-corrected chi connectivity index (χ2v) is 12.6. The standard InChI is InChI=1S/C31H30ClN3O4S/c1-18-23(6-5-7-25(18)35(37)38)26-15-13-22(39-26)17-33-30-28(29(36)34-21-11-9-20(32)10-12-21)24-14-8-19(31(2,3)4)16-27(24)40-30/h5-7,9-13,15,17,19H,8,14,16H2,1-4H3,(H,34,36)/t19-/m0/s1. The van der Waals surface area contributed by atoms with Gasteiger partial charge in [-0.05, 0) is 79.5 Å². The molecule has 1 aliphatic carbocycles. The average molecular weight is 576 g/mol. The van der Waals surface area contributed by atoms with E-state index in [0.717, 1.165) is 24.8 Å². The Hall–Kier alpha value is -3.75. The molecule has 2 aromatic carbocycles. The maximum absolute atomic E-state index is 13.6. The number of nitrogens with one attached hydrogen (secondary N) is 1. The number of furan rings is 1. The van der Waals surface area contributed by atoms with Gasteiger partial charge in [0.2, 0.25) is 0 Å². The highest BCUT2D eigenvalue weighted by molar-refractivity contribution is 7.16. The Kier molecular flexibility index (Phi) is 7.66. The van der Waals surface area contributed by atoms with Crippen molar-refractivity contribution in [1.82, 2.24) is 0 Å². The van der Waals surface area contributed by atoms with E-state index in [0.29, 0.717) is 49.8 Å². The number of anilines is 1. The second kappa shape index (κ2) is 11.0. The molecule has 0 bridgehead atoms. The average Bonchev–Trinajstić information content (AvgIpc) is 3.52. The third kappa shape index (κ3) is 5.74. The van der Waals surface area contributed by atoms with Crippen molar-refractivity contribution in [3.8, 4) is 11.3 Å². The van der Waals surface area contributed by atoms with Crippen molar-refractivity contribution in [2.45, 2.75) is 47.0 Å². The summed E-state index contributed by atoms with van der Waals surface area (Å²) in [5.41, 5.74) is 3.72. The Bertz CT molecular complexity index is 1610. The number of nitrogens with zero attached hydrogens (tertiary/aromatic N) is 2. The van der Waals surface area contributed by atoms with Gasteiger partial charge < -0.3 is 9.73 Å². The third-order valence-corrected chi connectivity index (χ3v) is 8.92. The summed E-state index contributed by atoms with van der Waals surface area (Å²) in [4.78, 5) is 30.5. The number of benzene rings is 2. The molecule has 0 radical (unpaired) electrons. The molecule has 9 heteroatoms. The fourth-order valence-electron chi connectivity index (χ4n) is 5.14. The number of rotatable bonds is 6. The van der Waals surface area contributed by atoms with Crippen molar-refractivity contribution < 1.29 is 14.1 Å². The lowest BCUT2D eigenvalue weighted by Gasteiger charge is -2.33. The summed E-state index contributed by atoms with van der Waals surface area (Å²) < 4.78 is 6.00. The van der Waals surface area contributed by atoms with Crippen molar-refractivity contribution in [3.63, 3.8) is 0 Å². The van der Waals surface area contributed by atoms with Crippen LogP contribution in [0.4, 0.5) is 16.4 Å². The van der Waals surface area contributed by atoms with E-state index < -0.39 is 4.92 Å². The van der Waals surface area contributed by atoms with Crippen LogP contribution >= 0.6 is 22.9 Å². The first-order chi connectivity index (χ1) is 19.0. The molecule has 1 aliphatic rings. The minimum absolute atomic E-state index is 0.0400. The maximum Gasteiger partial charge on any atom is 0.273 e. The summed E-state index contributed by atoms with van der Waals surface area (Å²) in [6.07, 6.45) is 4.36. The van der Waals surface area contributed by atoms with Crippen LogP contribution in [0.5, 0.6) is 0 Å². The van der Waals surface area contributed by atoms with Crippen LogP contribution in [0.1, 0.15) is 59.3 Å². The molecule has 2 aromatic heterocycles. The van der Waals surface area contributed by atoms with Crippen LogP contribution in [0, 0.1) is 28.4 Å². The molecule has 5 rings (SSSR count). The van der Waals surface area contributed by atoms with Crippen LogP contribution in [0.2, 0.25) is 5.02 Å². The van der Waals surface area contributed by atoms with Crippen LogP contribution in [0.25, 0.3) is 11.3 Å². The highest BCUT2D eigenvalue weighted by Crippen LogP contribution is 2.45. The Morgan fingerprint density at radius 1 is 1.18 bits per heavy atom. The van der Waals surface area contributed by atoms with Crippen molar-refractivity contribution in [2.75, 3.05) is 5.32 Å². The molecule has 40 heavy (non-hydrogen) atoms. The minimum atomic E-state index is -0.399. The van der Waals surface area contributed by atoms with Crippen molar-refractivity contribution >= 4 is 51.4 Å². The molecule has 4 aromatic rings. The molecule has 7 nitrogen and oxygen atoms in total. The Morgan fingerprint density at radius 3 is 2.62 bits per heavy atom. The molecule has 1 atom stereocenters. The van der Waals surface area contributed by atoms with Crippen LogP contribution in [0.3, 0.4) is 0 Å². The normalized spacial score (nSPS) is 15.3. The number of amides is 1. The van der Waals surface area contributed by atoms with Crippen molar-refractivity contribution in [3.05, 3.63) is 97.1 Å². The molecule has 0 spiro atoms. The fourth-order valence-corrected chi connectivity index (χ4v) is 6.53. The summed E-state index contributed by atoms with van der Waals surface area (Å²) >= 11 is 7.58. The van der Waals surface area contributed by atoms with Gasteiger partial charge >= 0.3 is 0 Å². The topological polar surface area (TPSA) is 97.7 Å². The Morgan fingerprint density at radius 2 is 1.93 bits per heavy atom. The number of carbonyl (C=O) groups is 1. The predicted octanol–water partition coefficient (Wildman–Crippen LogP) is 9.03. The molecule has 1 amide bonds. The first-order valence-corrected chi connectivity index (χ1v) is 14.3. The van der Waals surface area contributed by atoms with Gasteiger partial charge in [0.15, 0.2) is 0 Å². The second-order valence-electron chi connectivity index (χ2n) is 11.1. The lowest BCUT2D eigenvalue weighted by molar-refractivity contribution is -0.385. The highest BCUT2D eigenvalue weighted by Gasteiger charge is 2.33. The van der Waals surface area contributed by atoms with E-state index >= 15 is 0 Å². The minimum Gasteiger partial charge on any atom is -0.455 e.